The van der Waals surface area contributed by atoms with E-state index >= 15 is 0 Å². The van der Waals surface area contributed by atoms with Gasteiger partial charge in [0, 0.05) is 19.5 Å². The zero-order valence-corrected chi connectivity index (χ0v) is 17.0. The molecule has 26 heavy (non-hydrogen) atoms. The Kier molecular flexibility index (Phi) is 7.50. The number of likely N-dealkylation sites (tertiary alicyclic amines) is 1. The summed E-state index contributed by atoms with van der Waals surface area (Å²) in [6.45, 7) is 2.46. The molecule has 1 N–H and O–H groups in total. The van der Waals surface area contributed by atoms with Crippen LogP contribution in [0.15, 0.2) is 23.1 Å². The number of hydrogen-bond acceptors (Lipinski definition) is 4. The summed E-state index contributed by atoms with van der Waals surface area (Å²) in [7, 11) is -1.45. The number of nitrogens with one attached hydrogen (secondary N) is 1. The van der Waals surface area contributed by atoms with E-state index in [2.05, 4.69) is 5.32 Å². The second kappa shape index (κ2) is 9.20. The first-order valence-corrected chi connectivity index (χ1v) is 10.9. The predicted molar refractivity (Wildman–Crippen MR) is 106 cm³/mol. The molecule has 0 saturated carbocycles. The number of rotatable bonds is 6. The van der Waals surface area contributed by atoms with Crippen LogP contribution in [0.1, 0.15) is 36.8 Å². The van der Waals surface area contributed by atoms with Crippen molar-refractivity contribution in [3.63, 3.8) is 0 Å². The first kappa shape index (κ1) is 21.2. The van der Waals surface area contributed by atoms with Gasteiger partial charge in [0.1, 0.15) is 0 Å². The van der Waals surface area contributed by atoms with Crippen molar-refractivity contribution in [2.75, 3.05) is 32.4 Å². The Balaban J connectivity index is 0.00000243. The highest BCUT2D eigenvalue weighted by Gasteiger charge is 2.25. The molecule has 5 nitrogen and oxygen atoms in total. The molecule has 1 aliphatic carbocycles. The molecule has 1 fully saturated rings. The summed E-state index contributed by atoms with van der Waals surface area (Å²) in [6.07, 6.45) is 5.15. The van der Waals surface area contributed by atoms with Gasteiger partial charge in [0.2, 0.25) is 5.91 Å². The zero-order chi connectivity index (χ0) is 17.9. The van der Waals surface area contributed by atoms with Gasteiger partial charge in [-0.3, -0.25) is 4.79 Å². The third kappa shape index (κ3) is 4.99. The van der Waals surface area contributed by atoms with Crippen LogP contribution in [0, 0.1) is 5.92 Å². The lowest BCUT2D eigenvalue weighted by Crippen LogP contribution is -2.40. The monoisotopic (exact) mass is 400 g/mol. The first-order chi connectivity index (χ1) is 12.0. The molecule has 0 spiro atoms. The van der Waals surface area contributed by atoms with E-state index in [9.17, 15) is 13.2 Å². The van der Waals surface area contributed by atoms with Crippen molar-refractivity contribution in [2.24, 2.45) is 5.92 Å². The Hall–Kier alpha value is -1.11. The lowest BCUT2D eigenvalue weighted by atomic mass is 9.97. The second-order valence-corrected chi connectivity index (χ2v) is 9.34. The third-order valence-electron chi connectivity index (χ3n) is 5.47. The molecule has 3 rings (SSSR count). The normalized spacial score (nSPS) is 17.7. The molecule has 0 unspecified atom stereocenters. The largest absolute Gasteiger partial charge is 0.343 e. The third-order valence-corrected chi connectivity index (χ3v) is 7.19. The smallest absolute Gasteiger partial charge is 0.223 e. The molecule has 1 aromatic rings. The number of hydrogen-bond donors (Lipinski definition) is 1. The number of piperidine rings is 1. The lowest BCUT2D eigenvalue weighted by molar-refractivity contribution is -0.132. The fraction of sp³-hybridized carbons (Fsp3) is 0.632. The van der Waals surface area contributed by atoms with E-state index in [-0.39, 0.29) is 30.5 Å². The molecule has 2 aliphatic rings. The number of halogens is 1. The van der Waals surface area contributed by atoms with Gasteiger partial charge in [-0.05, 0) is 74.9 Å². The zero-order valence-electron chi connectivity index (χ0n) is 15.4. The van der Waals surface area contributed by atoms with Crippen molar-refractivity contribution in [3.05, 3.63) is 29.3 Å². The van der Waals surface area contributed by atoms with Gasteiger partial charge >= 0.3 is 0 Å². The molecule has 7 heteroatoms. The van der Waals surface area contributed by atoms with E-state index in [0.29, 0.717) is 10.8 Å². The molecular formula is C19H29ClN2O3S. The number of aryl methyl sites for hydroxylation is 2. The van der Waals surface area contributed by atoms with Crippen LogP contribution in [0.3, 0.4) is 0 Å². The van der Waals surface area contributed by atoms with Crippen LogP contribution in [0.4, 0.5) is 0 Å². The fourth-order valence-electron chi connectivity index (χ4n) is 3.91. The summed E-state index contributed by atoms with van der Waals surface area (Å²) in [6, 6.07) is 5.45. The van der Waals surface area contributed by atoms with E-state index in [0.717, 1.165) is 57.3 Å². The average molecular weight is 401 g/mol. The number of fused-ring (bicyclic) bond motifs is 1. The maximum absolute atomic E-state index is 12.6. The highest BCUT2D eigenvalue weighted by molar-refractivity contribution is 7.91. The number of nitrogens with zero attached hydrogens (tertiary/aromatic N) is 1. The van der Waals surface area contributed by atoms with Crippen molar-refractivity contribution < 1.29 is 13.2 Å². The summed E-state index contributed by atoms with van der Waals surface area (Å²) in [5.41, 5.74) is 2.42. The van der Waals surface area contributed by atoms with E-state index in [1.54, 1.807) is 6.07 Å². The number of benzene rings is 1. The molecule has 1 heterocycles. The van der Waals surface area contributed by atoms with Gasteiger partial charge in [0.25, 0.3) is 0 Å². The van der Waals surface area contributed by atoms with Crippen LogP contribution in [-0.2, 0) is 27.5 Å². The Morgan fingerprint density at radius 2 is 1.88 bits per heavy atom. The summed E-state index contributed by atoms with van der Waals surface area (Å²) < 4.78 is 25.2. The van der Waals surface area contributed by atoms with Crippen molar-refractivity contribution in [2.45, 2.75) is 43.4 Å². The quantitative estimate of drug-likeness (QED) is 0.795. The number of carbonyl (C=O) groups is 1. The predicted octanol–water partition coefficient (Wildman–Crippen LogP) is 2.22. The topological polar surface area (TPSA) is 66.5 Å². The Bertz CT molecular complexity index is 728. The molecule has 1 amide bonds. The molecular weight excluding hydrogens is 372 g/mol. The molecule has 0 radical (unpaired) electrons. The maximum Gasteiger partial charge on any atom is 0.223 e. The number of sulfone groups is 1. The van der Waals surface area contributed by atoms with Gasteiger partial charge in [0.15, 0.2) is 9.84 Å². The van der Waals surface area contributed by atoms with Gasteiger partial charge in [-0.2, -0.15) is 0 Å². The molecule has 1 saturated heterocycles. The SMILES string of the molecule is CNCC1CCN(C(=O)CCS(=O)(=O)c2ccc3c(c2)CCC3)CC1.Cl. The minimum absolute atomic E-state index is 0. The molecule has 0 aromatic heterocycles. The molecule has 0 atom stereocenters. The highest BCUT2D eigenvalue weighted by atomic mass is 35.5. The Labute approximate surface area is 162 Å². The summed E-state index contributed by atoms with van der Waals surface area (Å²) in [5.74, 6) is 0.484. The molecule has 146 valence electrons. The van der Waals surface area contributed by atoms with Gasteiger partial charge in [-0.15, -0.1) is 12.4 Å². The minimum atomic E-state index is -3.39. The van der Waals surface area contributed by atoms with Gasteiger partial charge in [-0.25, -0.2) is 8.42 Å². The lowest BCUT2D eigenvalue weighted by Gasteiger charge is -2.32. The second-order valence-electron chi connectivity index (χ2n) is 7.23. The highest BCUT2D eigenvalue weighted by Crippen LogP contribution is 2.25. The van der Waals surface area contributed by atoms with Crippen molar-refractivity contribution in [1.82, 2.24) is 10.2 Å². The van der Waals surface area contributed by atoms with Crippen LogP contribution in [0.25, 0.3) is 0 Å². The summed E-state index contributed by atoms with van der Waals surface area (Å²) in [4.78, 5) is 14.6. The van der Waals surface area contributed by atoms with Gasteiger partial charge in [-0.1, -0.05) is 6.07 Å². The van der Waals surface area contributed by atoms with Crippen molar-refractivity contribution in [1.29, 1.82) is 0 Å². The van der Waals surface area contributed by atoms with Crippen LogP contribution in [0.5, 0.6) is 0 Å². The van der Waals surface area contributed by atoms with Crippen LogP contribution < -0.4 is 5.32 Å². The Morgan fingerprint density at radius 1 is 1.19 bits per heavy atom. The number of carbonyl (C=O) groups excluding carboxylic acids is 1. The van der Waals surface area contributed by atoms with Gasteiger partial charge in [0.05, 0.1) is 10.6 Å². The molecule has 1 aromatic carbocycles. The van der Waals surface area contributed by atoms with E-state index < -0.39 is 9.84 Å². The minimum Gasteiger partial charge on any atom is -0.343 e. The van der Waals surface area contributed by atoms with Crippen LogP contribution >= 0.6 is 12.4 Å². The maximum atomic E-state index is 12.6. The summed E-state index contributed by atoms with van der Waals surface area (Å²) in [5, 5.41) is 3.18. The average Bonchev–Trinajstić information content (AvgIpc) is 3.08. The first-order valence-electron chi connectivity index (χ1n) is 9.26. The van der Waals surface area contributed by atoms with Crippen molar-refractivity contribution >= 4 is 28.2 Å². The summed E-state index contributed by atoms with van der Waals surface area (Å²) >= 11 is 0. The van der Waals surface area contributed by atoms with E-state index in [1.807, 2.05) is 24.1 Å². The van der Waals surface area contributed by atoms with Crippen LogP contribution in [0.2, 0.25) is 0 Å². The van der Waals surface area contributed by atoms with Crippen LogP contribution in [-0.4, -0.2) is 51.7 Å². The van der Waals surface area contributed by atoms with Crippen molar-refractivity contribution in [3.8, 4) is 0 Å². The van der Waals surface area contributed by atoms with Gasteiger partial charge < -0.3 is 10.2 Å². The van der Waals surface area contributed by atoms with E-state index in [4.69, 9.17) is 0 Å². The van der Waals surface area contributed by atoms with E-state index in [1.165, 1.54) is 5.56 Å². The Morgan fingerprint density at radius 3 is 2.58 bits per heavy atom. The number of amides is 1. The fourth-order valence-corrected chi connectivity index (χ4v) is 5.19. The standard InChI is InChI=1S/C19H28N2O3S.ClH/c1-20-14-15-7-10-21(11-8-15)19(22)9-12-25(23,24)18-6-5-16-3-2-4-17(16)13-18;/h5-6,13,15,20H,2-4,7-12,14H2,1H3;1H. The molecule has 1 aliphatic heterocycles. The molecule has 0 bridgehead atoms.